The molecular weight excluding hydrogens is 609 g/mol. The summed E-state index contributed by atoms with van der Waals surface area (Å²) in [6.45, 7) is 3.71. The minimum absolute atomic E-state index is 0.143. The van der Waals surface area contributed by atoms with E-state index in [1.54, 1.807) is 6.92 Å². The van der Waals surface area contributed by atoms with E-state index in [0.29, 0.717) is 12.0 Å². The highest BCUT2D eigenvalue weighted by Gasteiger charge is 2.41. The van der Waals surface area contributed by atoms with Gasteiger partial charge >= 0.3 is 19.4 Å². The van der Waals surface area contributed by atoms with Crippen LogP contribution in [0.2, 0.25) is 0 Å². The fraction of sp³-hybridized carbons (Fsp3) is 0.848. The van der Waals surface area contributed by atoms with E-state index in [1.807, 2.05) is 0 Å². The number of nitrogens with one attached hydrogen (secondary N) is 1. The standard InChI is InChI=1S/C33H56N5O7P/c1-3-4-5-6-7-8-9-10-11-12-13-14-15-16-17-18-19-20-21-22-23-43-33(41)46(42)44-26-29-28(36-37-34)24-30(45-29)38-25-27(2)31(39)35-32(38)40/h25,28-30H,3-24,26H2,1-2H3/p+1/t28-,29+,30+/m0/s1. The number of H-pyrrole nitrogens is 1. The van der Waals surface area contributed by atoms with Gasteiger partial charge in [-0.2, -0.15) is 4.79 Å². The summed E-state index contributed by atoms with van der Waals surface area (Å²) >= 11 is 0. The number of azide groups is 1. The second-order valence-electron chi connectivity index (χ2n) is 12.5. The molecule has 260 valence electrons. The lowest BCUT2D eigenvalue weighted by molar-refractivity contribution is -0.0212. The fourth-order valence-electron chi connectivity index (χ4n) is 5.79. The molecule has 1 aromatic rings. The van der Waals surface area contributed by atoms with Crippen molar-refractivity contribution in [3.8, 4) is 0 Å². The lowest BCUT2D eigenvalue weighted by Crippen LogP contribution is -2.33. The molecule has 0 bridgehead atoms. The average Bonchev–Trinajstić information content (AvgIpc) is 3.44. The van der Waals surface area contributed by atoms with Gasteiger partial charge in [0.05, 0.1) is 18.8 Å². The highest BCUT2D eigenvalue weighted by Crippen LogP contribution is 2.33. The highest BCUT2D eigenvalue weighted by molar-refractivity contribution is 7.58. The van der Waals surface area contributed by atoms with Gasteiger partial charge in [-0.05, 0) is 23.4 Å². The van der Waals surface area contributed by atoms with Crippen molar-refractivity contribution >= 4 is 13.7 Å². The van der Waals surface area contributed by atoms with E-state index in [-0.39, 0.29) is 19.6 Å². The molecule has 0 radical (unpaired) electrons. The molecule has 0 aliphatic carbocycles. The number of carbonyl (C=O) groups is 1. The van der Waals surface area contributed by atoms with E-state index < -0.39 is 43.4 Å². The molecule has 4 atom stereocenters. The molecule has 46 heavy (non-hydrogen) atoms. The summed E-state index contributed by atoms with van der Waals surface area (Å²) in [6, 6.07) is -0.720. The van der Waals surface area contributed by atoms with Crippen molar-refractivity contribution in [2.75, 3.05) is 13.2 Å². The summed E-state index contributed by atoms with van der Waals surface area (Å²) in [4.78, 5) is 41.0. The third kappa shape index (κ3) is 16.3. The molecule has 1 aliphatic rings. The van der Waals surface area contributed by atoms with E-state index in [1.165, 1.54) is 120 Å². The van der Waals surface area contributed by atoms with Gasteiger partial charge in [0.15, 0.2) is 0 Å². The predicted octanol–water partition coefficient (Wildman–Crippen LogP) is 9.53. The first-order valence-corrected chi connectivity index (χ1v) is 18.8. The number of rotatable bonds is 27. The maximum atomic E-state index is 12.3. The van der Waals surface area contributed by atoms with Crippen LogP contribution in [0.3, 0.4) is 0 Å². The number of aryl methyl sites for hydroxylation is 1. The SMILES string of the molecule is CCCCCCCCCCCCCCCCCCCCCCOC(=O)[P+](=O)OC[C@H]1O[C@@H](n2cc(C)c(=O)[nH]c2=O)C[C@@H]1N=[N+]=[N-]. The lowest BCUT2D eigenvalue weighted by Gasteiger charge is -2.14. The summed E-state index contributed by atoms with van der Waals surface area (Å²) in [7, 11) is -2.76. The van der Waals surface area contributed by atoms with Gasteiger partial charge in [-0.3, -0.25) is 14.3 Å². The lowest BCUT2D eigenvalue weighted by atomic mass is 10.0. The summed E-state index contributed by atoms with van der Waals surface area (Å²) in [6.07, 6.45) is 25.6. The van der Waals surface area contributed by atoms with Crippen LogP contribution in [0.5, 0.6) is 0 Å². The van der Waals surface area contributed by atoms with Gasteiger partial charge in [0.2, 0.25) is 0 Å². The van der Waals surface area contributed by atoms with Crippen LogP contribution in [0.15, 0.2) is 20.9 Å². The zero-order valence-electron chi connectivity index (χ0n) is 28.2. The number of hydrogen-bond acceptors (Lipinski definition) is 8. The van der Waals surface area contributed by atoms with Gasteiger partial charge < -0.3 is 9.47 Å². The Morgan fingerprint density at radius 2 is 1.43 bits per heavy atom. The molecular formula is C33H57N5O7P+. The number of aromatic amines is 1. The number of carbonyl (C=O) groups excluding carboxylic acids is 1. The van der Waals surface area contributed by atoms with E-state index in [4.69, 9.17) is 19.5 Å². The molecule has 1 saturated heterocycles. The molecule has 1 unspecified atom stereocenters. The monoisotopic (exact) mass is 666 g/mol. The molecule has 1 N–H and O–H groups in total. The van der Waals surface area contributed by atoms with Gasteiger partial charge in [0, 0.05) is 23.1 Å². The fourth-order valence-corrected chi connectivity index (χ4v) is 6.37. The summed E-state index contributed by atoms with van der Waals surface area (Å²) in [5.41, 5.74) is 7.12. The molecule has 1 fully saturated rings. The molecule has 0 spiro atoms. The Labute approximate surface area is 274 Å². The zero-order chi connectivity index (χ0) is 33.4. The first-order chi connectivity index (χ1) is 22.4. The van der Waals surface area contributed by atoms with E-state index in [0.717, 1.165) is 12.8 Å². The molecule has 2 rings (SSSR count). The topological polar surface area (TPSA) is 165 Å². The van der Waals surface area contributed by atoms with Crippen molar-refractivity contribution in [1.29, 1.82) is 0 Å². The molecule has 1 aromatic heterocycles. The number of hydrogen-bond donors (Lipinski definition) is 1. The predicted molar refractivity (Wildman–Crippen MR) is 180 cm³/mol. The largest absolute Gasteiger partial charge is 0.636 e. The summed E-state index contributed by atoms with van der Waals surface area (Å²) < 4.78 is 29.6. The zero-order valence-corrected chi connectivity index (χ0v) is 29.1. The summed E-state index contributed by atoms with van der Waals surface area (Å²) in [5, 5.41) is 3.68. The Morgan fingerprint density at radius 1 is 0.935 bits per heavy atom. The average molecular weight is 667 g/mol. The molecule has 13 heteroatoms. The second kappa shape index (κ2) is 24.6. The Bertz CT molecular complexity index is 1180. The van der Waals surface area contributed by atoms with Crippen LogP contribution in [0.25, 0.3) is 10.4 Å². The van der Waals surface area contributed by atoms with Crippen LogP contribution in [-0.2, 0) is 18.6 Å². The Balaban J connectivity index is 1.45. The molecule has 0 saturated carbocycles. The third-order valence-electron chi connectivity index (χ3n) is 8.59. The van der Waals surface area contributed by atoms with Crippen LogP contribution in [0.1, 0.15) is 154 Å². The van der Waals surface area contributed by atoms with Gasteiger partial charge in [-0.25, -0.2) is 4.79 Å². The van der Waals surface area contributed by atoms with Crippen LogP contribution in [-0.4, -0.2) is 40.6 Å². The van der Waals surface area contributed by atoms with Crippen molar-refractivity contribution in [3.63, 3.8) is 0 Å². The summed E-state index contributed by atoms with van der Waals surface area (Å²) in [5.74, 6) is 0. The maximum Gasteiger partial charge on any atom is 0.636 e. The molecule has 0 amide bonds. The van der Waals surface area contributed by atoms with Crippen molar-refractivity contribution in [2.24, 2.45) is 5.11 Å². The van der Waals surface area contributed by atoms with Crippen molar-refractivity contribution in [1.82, 2.24) is 9.55 Å². The Morgan fingerprint density at radius 3 is 1.93 bits per heavy atom. The number of nitrogens with zero attached hydrogens (tertiary/aromatic N) is 4. The van der Waals surface area contributed by atoms with Crippen LogP contribution >= 0.6 is 8.03 Å². The van der Waals surface area contributed by atoms with Crippen LogP contribution in [0.4, 0.5) is 4.79 Å². The smallest absolute Gasteiger partial charge is 0.425 e. The van der Waals surface area contributed by atoms with E-state index in [9.17, 15) is 18.9 Å². The molecule has 1 aliphatic heterocycles. The van der Waals surface area contributed by atoms with Crippen molar-refractivity contribution < 1.29 is 23.4 Å². The third-order valence-corrected chi connectivity index (χ3v) is 9.40. The van der Waals surface area contributed by atoms with E-state index >= 15 is 0 Å². The van der Waals surface area contributed by atoms with Gasteiger partial charge in [0.1, 0.15) is 12.8 Å². The maximum absolute atomic E-state index is 12.3. The van der Waals surface area contributed by atoms with Crippen LogP contribution < -0.4 is 11.2 Å². The van der Waals surface area contributed by atoms with Gasteiger partial charge in [-0.15, -0.1) is 4.52 Å². The minimum atomic E-state index is -2.76. The molecule has 0 aromatic carbocycles. The molecule has 12 nitrogen and oxygen atoms in total. The first-order valence-electron chi connectivity index (χ1n) is 17.7. The minimum Gasteiger partial charge on any atom is -0.425 e. The van der Waals surface area contributed by atoms with Crippen molar-refractivity contribution in [2.45, 2.75) is 167 Å². The van der Waals surface area contributed by atoms with Crippen molar-refractivity contribution in [3.05, 3.63) is 43.0 Å². The second-order valence-corrected chi connectivity index (χ2v) is 13.6. The van der Waals surface area contributed by atoms with E-state index in [2.05, 4.69) is 21.9 Å². The Hall–Kier alpha value is -2.52. The number of aromatic nitrogens is 2. The Kier molecular flexibility index (Phi) is 21.2. The highest BCUT2D eigenvalue weighted by atomic mass is 31.1. The van der Waals surface area contributed by atoms with Crippen LogP contribution in [0, 0.1) is 6.92 Å². The van der Waals surface area contributed by atoms with Gasteiger partial charge in [0.25, 0.3) is 5.56 Å². The van der Waals surface area contributed by atoms with Gasteiger partial charge in [-0.1, -0.05) is 134 Å². The number of unbranched alkanes of at least 4 members (excludes halogenated alkanes) is 19. The first kappa shape index (κ1) is 39.7. The number of ether oxygens (including phenoxy) is 2. The molecule has 2 heterocycles. The quantitative estimate of drug-likeness (QED) is 0.0321. The normalized spacial score (nSPS) is 18.0.